The lowest BCUT2D eigenvalue weighted by molar-refractivity contribution is -0.0654. The second kappa shape index (κ2) is 12.2. The SMILES string of the molecule is CCCc1c(Cc2ccc(-c3ccccc3)c(C#N)c2F)c(=O)n(C2CCC(OCC(C)(C)O)CC2)c2nc(C)nn12. The van der Waals surface area contributed by atoms with Gasteiger partial charge in [0, 0.05) is 23.6 Å². The average molecular weight is 572 g/mol. The van der Waals surface area contributed by atoms with Crippen LogP contribution in [0.4, 0.5) is 4.39 Å². The number of aliphatic hydroxyl groups is 1. The Morgan fingerprint density at radius 1 is 1.14 bits per heavy atom. The van der Waals surface area contributed by atoms with Gasteiger partial charge in [-0.1, -0.05) is 55.8 Å². The fourth-order valence-electron chi connectivity index (χ4n) is 5.93. The molecule has 0 bridgehead atoms. The van der Waals surface area contributed by atoms with Crippen molar-refractivity contribution in [3.05, 3.63) is 86.8 Å². The summed E-state index contributed by atoms with van der Waals surface area (Å²) in [6, 6.07) is 14.6. The quantitative estimate of drug-likeness (QED) is 0.277. The number of rotatable bonds is 9. The van der Waals surface area contributed by atoms with Gasteiger partial charge in [0.2, 0.25) is 5.78 Å². The summed E-state index contributed by atoms with van der Waals surface area (Å²) in [7, 11) is 0. The van der Waals surface area contributed by atoms with Gasteiger partial charge in [-0.05, 0) is 64.0 Å². The number of ether oxygens (including phenoxy) is 1. The number of halogens is 1. The summed E-state index contributed by atoms with van der Waals surface area (Å²) < 4.78 is 25.4. The van der Waals surface area contributed by atoms with E-state index in [-0.39, 0.29) is 36.3 Å². The minimum Gasteiger partial charge on any atom is -0.388 e. The Balaban J connectivity index is 1.56. The van der Waals surface area contributed by atoms with Crippen molar-refractivity contribution in [2.24, 2.45) is 0 Å². The summed E-state index contributed by atoms with van der Waals surface area (Å²) >= 11 is 0. The monoisotopic (exact) mass is 571 g/mol. The first kappa shape index (κ1) is 29.6. The number of nitriles is 1. The molecule has 9 heteroatoms. The molecular weight excluding hydrogens is 533 g/mol. The third-order valence-corrected chi connectivity index (χ3v) is 7.95. The van der Waals surface area contributed by atoms with E-state index in [1.165, 1.54) is 0 Å². The van der Waals surface area contributed by atoms with Crippen LogP contribution >= 0.6 is 0 Å². The Labute approximate surface area is 245 Å². The molecule has 4 aromatic rings. The number of fused-ring (bicyclic) bond motifs is 1. The van der Waals surface area contributed by atoms with Crippen LogP contribution < -0.4 is 5.56 Å². The van der Waals surface area contributed by atoms with Crippen molar-refractivity contribution in [3.63, 3.8) is 0 Å². The largest absolute Gasteiger partial charge is 0.388 e. The fraction of sp³-hybridized carbons (Fsp3) is 0.455. The molecule has 0 amide bonds. The molecule has 42 heavy (non-hydrogen) atoms. The zero-order valence-corrected chi connectivity index (χ0v) is 24.7. The molecule has 5 rings (SSSR count). The van der Waals surface area contributed by atoms with Gasteiger partial charge in [-0.25, -0.2) is 8.91 Å². The van der Waals surface area contributed by atoms with Gasteiger partial charge in [0.25, 0.3) is 5.56 Å². The molecule has 1 aliphatic rings. The van der Waals surface area contributed by atoms with E-state index in [0.717, 1.165) is 30.5 Å². The Hall–Kier alpha value is -3.87. The third-order valence-electron chi connectivity index (χ3n) is 7.95. The van der Waals surface area contributed by atoms with Crippen molar-refractivity contribution in [2.45, 2.75) is 90.4 Å². The first-order valence-corrected chi connectivity index (χ1v) is 14.7. The highest BCUT2D eigenvalue weighted by Gasteiger charge is 2.30. The molecule has 0 radical (unpaired) electrons. The van der Waals surface area contributed by atoms with Gasteiger partial charge in [-0.2, -0.15) is 15.3 Å². The Kier molecular flexibility index (Phi) is 8.58. The van der Waals surface area contributed by atoms with E-state index in [0.29, 0.717) is 47.6 Å². The van der Waals surface area contributed by atoms with Crippen LogP contribution in [0, 0.1) is 24.1 Å². The molecule has 2 aromatic heterocycles. The van der Waals surface area contributed by atoms with E-state index in [2.05, 4.69) is 10.1 Å². The summed E-state index contributed by atoms with van der Waals surface area (Å²) in [6.45, 7) is 7.53. The smallest absolute Gasteiger partial charge is 0.259 e. The van der Waals surface area contributed by atoms with Crippen molar-refractivity contribution < 1.29 is 14.2 Å². The molecule has 1 fully saturated rings. The van der Waals surface area contributed by atoms with Crippen LogP contribution in [-0.2, 0) is 17.6 Å². The molecule has 220 valence electrons. The van der Waals surface area contributed by atoms with Crippen LogP contribution in [0.15, 0.2) is 47.3 Å². The maximum absolute atomic E-state index is 15.9. The van der Waals surface area contributed by atoms with Crippen LogP contribution in [0.3, 0.4) is 0 Å². The van der Waals surface area contributed by atoms with Gasteiger partial charge in [0.1, 0.15) is 17.7 Å². The molecule has 0 saturated heterocycles. The van der Waals surface area contributed by atoms with Gasteiger partial charge in [0.15, 0.2) is 0 Å². The number of hydrogen-bond donors (Lipinski definition) is 1. The molecule has 1 N–H and O–H groups in total. The van der Waals surface area contributed by atoms with Gasteiger partial charge in [-0.3, -0.25) is 9.36 Å². The predicted molar refractivity (Wildman–Crippen MR) is 159 cm³/mol. The standard InChI is InChI=1S/C33H38FN5O3/c1-5-9-29-27(18-23-12-17-26(28(19-35)30(23)34)22-10-7-6-8-11-22)31(40)38(32-36-21(2)37-39(29)32)24-13-15-25(16-14-24)42-20-33(3,4)41/h6-8,10-12,17,24-25,41H,5,9,13-16,18,20H2,1-4H3. The van der Waals surface area contributed by atoms with Crippen LogP contribution in [0.2, 0.25) is 0 Å². The summed E-state index contributed by atoms with van der Waals surface area (Å²) in [5.41, 5.74) is 1.66. The first-order valence-electron chi connectivity index (χ1n) is 14.7. The van der Waals surface area contributed by atoms with Crippen molar-refractivity contribution in [2.75, 3.05) is 6.61 Å². The molecule has 0 aliphatic heterocycles. The van der Waals surface area contributed by atoms with E-state index in [1.54, 1.807) is 42.0 Å². The minimum absolute atomic E-state index is 0.0134. The van der Waals surface area contributed by atoms with Crippen molar-refractivity contribution in [1.82, 2.24) is 19.2 Å². The highest BCUT2D eigenvalue weighted by atomic mass is 19.1. The van der Waals surface area contributed by atoms with Gasteiger partial charge >= 0.3 is 0 Å². The van der Waals surface area contributed by atoms with Crippen molar-refractivity contribution >= 4 is 5.78 Å². The van der Waals surface area contributed by atoms with E-state index in [4.69, 9.17) is 4.74 Å². The van der Waals surface area contributed by atoms with Gasteiger partial charge in [0.05, 0.1) is 29.6 Å². The van der Waals surface area contributed by atoms with Crippen molar-refractivity contribution in [3.8, 4) is 17.2 Å². The molecule has 0 atom stereocenters. The van der Waals surface area contributed by atoms with E-state index >= 15 is 4.39 Å². The van der Waals surface area contributed by atoms with Crippen LogP contribution in [-0.4, -0.2) is 42.6 Å². The van der Waals surface area contributed by atoms with Crippen LogP contribution in [0.25, 0.3) is 16.9 Å². The average Bonchev–Trinajstić information content (AvgIpc) is 3.35. The molecule has 8 nitrogen and oxygen atoms in total. The number of aryl methyl sites for hydroxylation is 2. The maximum Gasteiger partial charge on any atom is 0.259 e. The Morgan fingerprint density at radius 2 is 1.86 bits per heavy atom. The summed E-state index contributed by atoms with van der Waals surface area (Å²) in [6.07, 6.45) is 4.33. The number of benzene rings is 2. The van der Waals surface area contributed by atoms with Crippen molar-refractivity contribution in [1.29, 1.82) is 5.26 Å². The summed E-state index contributed by atoms with van der Waals surface area (Å²) in [4.78, 5) is 19.0. The van der Waals surface area contributed by atoms with E-state index in [1.807, 2.05) is 43.3 Å². The summed E-state index contributed by atoms with van der Waals surface area (Å²) in [5, 5.41) is 24.6. The number of aromatic nitrogens is 4. The topological polar surface area (TPSA) is 105 Å². The van der Waals surface area contributed by atoms with Crippen LogP contribution in [0.5, 0.6) is 0 Å². The Morgan fingerprint density at radius 3 is 2.50 bits per heavy atom. The van der Waals surface area contributed by atoms with Gasteiger partial charge in [-0.15, -0.1) is 0 Å². The second-order valence-electron chi connectivity index (χ2n) is 11.9. The normalized spacial score (nSPS) is 17.5. The maximum atomic E-state index is 15.9. The molecule has 0 spiro atoms. The first-order chi connectivity index (χ1) is 20.1. The lowest BCUT2D eigenvalue weighted by Crippen LogP contribution is -2.36. The summed E-state index contributed by atoms with van der Waals surface area (Å²) in [5.74, 6) is 0.458. The second-order valence-corrected chi connectivity index (χ2v) is 11.9. The van der Waals surface area contributed by atoms with Gasteiger partial charge < -0.3 is 9.84 Å². The molecule has 2 heterocycles. The number of hydrogen-bond acceptors (Lipinski definition) is 6. The molecule has 0 unspecified atom stereocenters. The van der Waals surface area contributed by atoms with Crippen LogP contribution in [0.1, 0.15) is 87.1 Å². The van der Waals surface area contributed by atoms with E-state index < -0.39 is 11.4 Å². The molecule has 1 aliphatic carbocycles. The highest BCUT2D eigenvalue weighted by Crippen LogP contribution is 2.32. The molecule has 2 aromatic carbocycles. The predicted octanol–water partition coefficient (Wildman–Crippen LogP) is 5.69. The third kappa shape index (κ3) is 6.01. The molecule has 1 saturated carbocycles. The highest BCUT2D eigenvalue weighted by molar-refractivity contribution is 5.71. The number of nitrogens with zero attached hydrogens (tertiary/aromatic N) is 5. The molecular formula is C33H38FN5O3. The Bertz CT molecular complexity index is 1670. The fourth-order valence-corrected chi connectivity index (χ4v) is 5.93. The minimum atomic E-state index is -0.900. The lowest BCUT2D eigenvalue weighted by Gasteiger charge is -2.32. The van der Waals surface area contributed by atoms with E-state index in [9.17, 15) is 15.2 Å². The zero-order chi connectivity index (χ0) is 30.0. The lowest BCUT2D eigenvalue weighted by atomic mass is 9.91. The zero-order valence-electron chi connectivity index (χ0n) is 24.7.